The third-order valence-electron chi connectivity index (χ3n) is 5.82. The maximum absolute atomic E-state index is 14.0. The van der Waals surface area contributed by atoms with Crippen molar-refractivity contribution >= 4 is 10.0 Å². The van der Waals surface area contributed by atoms with Crippen molar-refractivity contribution in [3.05, 3.63) is 72.3 Å². The molecule has 2 rings (SSSR count). The summed E-state index contributed by atoms with van der Waals surface area (Å²) in [6.07, 6.45) is 1.42. The lowest BCUT2D eigenvalue weighted by Crippen LogP contribution is -2.43. The van der Waals surface area contributed by atoms with Gasteiger partial charge < -0.3 is 19.3 Å². The van der Waals surface area contributed by atoms with E-state index in [1.165, 1.54) is 11.4 Å². The van der Waals surface area contributed by atoms with Crippen LogP contribution in [0.1, 0.15) is 30.9 Å². The molecule has 0 aromatic heterocycles. The van der Waals surface area contributed by atoms with Crippen LogP contribution in [-0.4, -0.2) is 57.1 Å². The van der Waals surface area contributed by atoms with Crippen molar-refractivity contribution in [3.63, 3.8) is 0 Å². The van der Waals surface area contributed by atoms with Crippen LogP contribution < -0.4 is 9.47 Å². The van der Waals surface area contributed by atoms with Gasteiger partial charge in [-0.15, -0.1) is 6.58 Å². The molecule has 0 heterocycles. The summed E-state index contributed by atoms with van der Waals surface area (Å²) >= 11 is 0. The summed E-state index contributed by atoms with van der Waals surface area (Å²) in [7, 11) is 0.847. The number of allylic oxidation sites excluding steroid dienone is 1. The summed E-state index contributed by atoms with van der Waals surface area (Å²) in [5, 5.41) is 9.62. The second-order valence-corrected chi connectivity index (χ2v) is 10.5. The highest BCUT2D eigenvalue weighted by Gasteiger charge is 2.37. The van der Waals surface area contributed by atoms with E-state index in [0.717, 1.165) is 11.1 Å². The average Bonchev–Trinajstić information content (AvgIpc) is 2.83. The lowest BCUT2D eigenvalue weighted by molar-refractivity contribution is 0.0557. The molecule has 0 aliphatic heterocycles. The maximum atomic E-state index is 14.0. The molecule has 0 radical (unpaired) electrons. The molecule has 2 aromatic rings. The smallest absolute Gasteiger partial charge is 0.217 e. The first-order valence-corrected chi connectivity index (χ1v) is 12.8. The number of rotatable bonds is 15. The summed E-state index contributed by atoms with van der Waals surface area (Å²) in [5.41, 5.74) is 1.68. The van der Waals surface area contributed by atoms with Gasteiger partial charge in [-0.2, -0.15) is 4.31 Å². The number of nitrogens with zero attached hydrogens (tertiary/aromatic N) is 1. The van der Waals surface area contributed by atoms with Crippen molar-refractivity contribution < 1.29 is 27.7 Å². The van der Waals surface area contributed by atoms with Crippen LogP contribution in [0.2, 0.25) is 0 Å². The third kappa shape index (κ3) is 7.84. The van der Waals surface area contributed by atoms with Crippen molar-refractivity contribution in [2.45, 2.75) is 44.2 Å². The van der Waals surface area contributed by atoms with Crippen LogP contribution >= 0.6 is 0 Å². The highest BCUT2D eigenvalue weighted by molar-refractivity contribution is 7.89. The van der Waals surface area contributed by atoms with Crippen molar-refractivity contribution in [1.82, 2.24) is 4.31 Å². The number of hydrogen-bond donors (Lipinski definition) is 1. The average molecular weight is 492 g/mol. The molecule has 1 N–H and O–H groups in total. The van der Waals surface area contributed by atoms with Crippen molar-refractivity contribution in [2.24, 2.45) is 5.92 Å². The number of aliphatic hydroxyl groups is 1. The maximum Gasteiger partial charge on any atom is 0.217 e. The highest BCUT2D eigenvalue weighted by atomic mass is 32.2. The SMILES string of the molecule is C=CC[C@H](C)C(C[C@@H](O)COC)S(=O)(=O)N(Cc1ccc(OC)cc1)Cc1ccc(OC)cc1. The van der Waals surface area contributed by atoms with E-state index < -0.39 is 21.4 Å². The fraction of sp³-hybridized carbons (Fsp3) is 0.462. The van der Waals surface area contributed by atoms with E-state index in [9.17, 15) is 13.5 Å². The molecule has 1 unspecified atom stereocenters. The second kappa shape index (κ2) is 13.5. The number of benzene rings is 2. The van der Waals surface area contributed by atoms with Gasteiger partial charge in [0, 0.05) is 20.2 Å². The lowest BCUT2D eigenvalue weighted by Gasteiger charge is -2.32. The van der Waals surface area contributed by atoms with E-state index in [-0.39, 0.29) is 32.0 Å². The molecule has 3 atom stereocenters. The summed E-state index contributed by atoms with van der Waals surface area (Å²) in [5.74, 6) is 1.17. The van der Waals surface area contributed by atoms with Gasteiger partial charge in [0.05, 0.1) is 32.2 Å². The monoisotopic (exact) mass is 491 g/mol. The van der Waals surface area contributed by atoms with Gasteiger partial charge in [-0.3, -0.25) is 0 Å². The van der Waals surface area contributed by atoms with E-state index in [1.54, 1.807) is 20.3 Å². The third-order valence-corrected chi connectivity index (χ3v) is 8.22. The Hall–Kier alpha value is -2.39. The zero-order valence-corrected chi connectivity index (χ0v) is 21.3. The minimum Gasteiger partial charge on any atom is -0.497 e. The molecule has 0 aliphatic rings. The topological polar surface area (TPSA) is 85.3 Å². The van der Waals surface area contributed by atoms with Gasteiger partial charge in [-0.25, -0.2) is 8.42 Å². The van der Waals surface area contributed by atoms with E-state index in [1.807, 2.05) is 55.5 Å². The molecule has 2 aromatic carbocycles. The fourth-order valence-electron chi connectivity index (χ4n) is 3.89. The summed E-state index contributed by atoms with van der Waals surface area (Å²) in [6, 6.07) is 14.7. The molecule has 0 saturated heterocycles. The minimum atomic E-state index is -3.82. The fourth-order valence-corrected chi connectivity index (χ4v) is 6.09. The largest absolute Gasteiger partial charge is 0.497 e. The van der Waals surface area contributed by atoms with Gasteiger partial charge in [0.1, 0.15) is 11.5 Å². The van der Waals surface area contributed by atoms with Crippen LogP contribution in [0.4, 0.5) is 0 Å². The van der Waals surface area contributed by atoms with E-state index in [4.69, 9.17) is 14.2 Å². The number of hydrogen-bond acceptors (Lipinski definition) is 6. The molecule has 0 bridgehead atoms. The van der Waals surface area contributed by atoms with Gasteiger partial charge in [0.2, 0.25) is 10.0 Å². The number of sulfonamides is 1. The summed E-state index contributed by atoms with van der Waals surface area (Å²) in [6.45, 7) is 6.11. The Morgan fingerprint density at radius 1 is 0.941 bits per heavy atom. The molecule has 8 heteroatoms. The molecule has 0 spiro atoms. The van der Waals surface area contributed by atoms with Crippen LogP contribution in [-0.2, 0) is 27.8 Å². The predicted molar refractivity (Wildman–Crippen MR) is 134 cm³/mol. The Labute approximate surface area is 204 Å². The highest BCUT2D eigenvalue weighted by Crippen LogP contribution is 2.28. The molecule has 0 aliphatic carbocycles. The zero-order chi connectivity index (χ0) is 25.1. The van der Waals surface area contributed by atoms with E-state index >= 15 is 0 Å². The molecule has 7 nitrogen and oxygen atoms in total. The minimum absolute atomic E-state index is 0.0732. The van der Waals surface area contributed by atoms with Crippen LogP contribution in [0.25, 0.3) is 0 Å². The van der Waals surface area contributed by atoms with Crippen LogP contribution in [0.5, 0.6) is 11.5 Å². The Bertz CT molecular complexity index is 926. The Morgan fingerprint density at radius 3 is 1.79 bits per heavy atom. The number of ether oxygens (including phenoxy) is 3. The van der Waals surface area contributed by atoms with Gasteiger partial charge in [-0.05, 0) is 54.2 Å². The van der Waals surface area contributed by atoms with Gasteiger partial charge >= 0.3 is 0 Å². The normalized spacial score (nSPS) is 14.4. The first kappa shape index (κ1) is 27.9. The molecule has 0 amide bonds. The van der Waals surface area contributed by atoms with Crippen LogP contribution in [0.15, 0.2) is 61.2 Å². The Balaban J connectivity index is 2.43. The van der Waals surface area contributed by atoms with Gasteiger partial charge in [-0.1, -0.05) is 37.3 Å². The number of aliphatic hydroxyl groups excluding tert-OH is 1. The number of methoxy groups -OCH3 is 3. The summed E-state index contributed by atoms with van der Waals surface area (Å²) in [4.78, 5) is 0. The van der Waals surface area contributed by atoms with Crippen molar-refractivity contribution in [1.29, 1.82) is 0 Å². The molecule has 34 heavy (non-hydrogen) atoms. The standard InChI is InChI=1S/C26H37NO6S/c1-6-7-20(2)26(16-23(28)19-31-3)34(29,30)27(17-21-8-12-24(32-4)13-9-21)18-22-10-14-25(33-5)15-11-22/h6,8-15,20,23,26,28H,1,7,16-19H2,2-5H3/t20-,23+,26?/m0/s1. The Morgan fingerprint density at radius 2 is 1.41 bits per heavy atom. The zero-order valence-electron chi connectivity index (χ0n) is 20.5. The van der Waals surface area contributed by atoms with Crippen molar-refractivity contribution in [3.8, 4) is 11.5 Å². The van der Waals surface area contributed by atoms with Gasteiger partial charge in [0.15, 0.2) is 0 Å². The molecular formula is C26H37NO6S. The molecule has 0 saturated carbocycles. The molecule has 188 valence electrons. The van der Waals surface area contributed by atoms with Crippen LogP contribution in [0.3, 0.4) is 0 Å². The van der Waals surface area contributed by atoms with Crippen molar-refractivity contribution in [2.75, 3.05) is 27.9 Å². The Kier molecular flexibility index (Phi) is 11.0. The molecular weight excluding hydrogens is 454 g/mol. The first-order valence-electron chi connectivity index (χ1n) is 11.3. The second-order valence-electron chi connectivity index (χ2n) is 8.39. The first-order chi connectivity index (χ1) is 16.2. The van der Waals surface area contributed by atoms with Gasteiger partial charge in [0.25, 0.3) is 0 Å². The van der Waals surface area contributed by atoms with Crippen LogP contribution in [0, 0.1) is 5.92 Å². The van der Waals surface area contributed by atoms with E-state index in [0.29, 0.717) is 17.9 Å². The predicted octanol–water partition coefficient (Wildman–Crippen LogP) is 4.01. The summed E-state index contributed by atoms with van der Waals surface area (Å²) < 4.78 is 45.1. The quantitative estimate of drug-likeness (QED) is 0.379. The lowest BCUT2D eigenvalue weighted by atomic mass is 9.99. The van der Waals surface area contributed by atoms with E-state index in [2.05, 4.69) is 6.58 Å². The molecule has 0 fully saturated rings.